The molecular weight excluding hydrogens is 462 g/mol. The highest BCUT2D eigenvalue weighted by Gasteiger charge is 2.18. The zero-order valence-corrected chi connectivity index (χ0v) is 19.9. The molecule has 1 amide bonds. The first kappa shape index (κ1) is 22.1. The number of benzene rings is 3. The minimum absolute atomic E-state index is 0.123. The second kappa shape index (κ2) is 9.67. The number of nitrogens with one attached hydrogen (secondary N) is 1. The fourth-order valence-electron chi connectivity index (χ4n) is 3.89. The third-order valence-electron chi connectivity index (χ3n) is 5.45. The summed E-state index contributed by atoms with van der Waals surface area (Å²) in [7, 11) is 0. The summed E-state index contributed by atoms with van der Waals surface area (Å²) in [4.78, 5) is 31.6. The maximum absolute atomic E-state index is 13.4. The highest BCUT2D eigenvalue weighted by atomic mass is 32.2. The van der Waals surface area contributed by atoms with Gasteiger partial charge in [0.05, 0.1) is 11.1 Å². The number of hydrogen-bond donors (Lipinski definition) is 1. The van der Waals surface area contributed by atoms with Gasteiger partial charge in [-0.3, -0.25) is 14.2 Å². The molecule has 168 valence electrons. The monoisotopic (exact) mass is 483 g/mol. The number of thioether (sulfide) groups is 1. The number of thiophene rings is 1. The van der Waals surface area contributed by atoms with Crippen LogP contribution in [0.15, 0.2) is 101 Å². The molecule has 0 radical (unpaired) electrons. The van der Waals surface area contributed by atoms with Gasteiger partial charge in [-0.25, -0.2) is 4.98 Å². The lowest BCUT2D eigenvalue weighted by molar-refractivity contribution is -0.113. The fourth-order valence-corrected chi connectivity index (χ4v) is 5.68. The third-order valence-corrected chi connectivity index (χ3v) is 7.30. The van der Waals surface area contributed by atoms with Crippen LogP contribution in [0.25, 0.3) is 32.1 Å². The second-order valence-corrected chi connectivity index (χ2v) is 9.46. The first-order chi connectivity index (χ1) is 16.7. The lowest BCUT2D eigenvalue weighted by Crippen LogP contribution is -2.23. The Hall–Kier alpha value is -3.68. The van der Waals surface area contributed by atoms with Crippen molar-refractivity contribution in [3.05, 3.63) is 101 Å². The summed E-state index contributed by atoms with van der Waals surface area (Å²) in [5, 5.41) is 8.11. The number of fused-ring (bicyclic) bond motifs is 2. The fraction of sp³-hybridized carbons (Fsp3) is 0.0741. The van der Waals surface area contributed by atoms with E-state index in [0.29, 0.717) is 21.9 Å². The highest BCUT2D eigenvalue weighted by molar-refractivity contribution is 7.99. The molecule has 0 spiro atoms. The summed E-state index contributed by atoms with van der Waals surface area (Å²) in [6.45, 7) is 4.11. The molecule has 0 fully saturated rings. The van der Waals surface area contributed by atoms with Crippen molar-refractivity contribution in [2.75, 3.05) is 11.1 Å². The van der Waals surface area contributed by atoms with Crippen molar-refractivity contribution in [3.63, 3.8) is 0 Å². The van der Waals surface area contributed by atoms with E-state index in [1.165, 1.54) is 23.1 Å². The van der Waals surface area contributed by atoms with Crippen LogP contribution in [0, 0.1) is 0 Å². The van der Waals surface area contributed by atoms with Crippen LogP contribution < -0.4 is 10.9 Å². The van der Waals surface area contributed by atoms with Crippen molar-refractivity contribution in [3.8, 4) is 11.1 Å². The maximum Gasteiger partial charge on any atom is 0.263 e. The predicted molar refractivity (Wildman–Crippen MR) is 143 cm³/mol. The summed E-state index contributed by atoms with van der Waals surface area (Å²) in [5.41, 5.74) is 2.50. The van der Waals surface area contributed by atoms with E-state index in [0.717, 1.165) is 27.6 Å². The number of rotatable bonds is 7. The number of carbonyl (C=O) groups excluding carboxylic acids is 1. The zero-order valence-electron chi connectivity index (χ0n) is 18.2. The van der Waals surface area contributed by atoms with E-state index >= 15 is 0 Å². The van der Waals surface area contributed by atoms with E-state index in [2.05, 4.69) is 11.9 Å². The summed E-state index contributed by atoms with van der Waals surface area (Å²) in [6, 6.07) is 23.6. The first-order valence-corrected chi connectivity index (χ1v) is 12.6. The Bertz CT molecular complexity index is 1570. The average Bonchev–Trinajstić information content (AvgIpc) is 3.30. The molecule has 2 aromatic heterocycles. The third kappa shape index (κ3) is 4.27. The molecule has 5 rings (SSSR count). The molecule has 0 bridgehead atoms. The largest absolute Gasteiger partial charge is 0.325 e. The summed E-state index contributed by atoms with van der Waals surface area (Å²) >= 11 is 2.69. The Kier molecular flexibility index (Phi) is 6.29. The Labute approximate surface area is 204 Å². The second-order valence-electron chi connectivity index (χ2n) is 7.66. The first-order valence-electron chi connectivity index (χ1n) is 10.7. The molecule has 34 heavy (non-hydrogen) atoms. The van der Waals surface area contributed by atoms with Crippen molar-refractivity contribution in [1.82, 2.24) is 9.55 Å². The van der Waals surface area contributed by atoms with Crippen LogP contribution in [0.3, 0.4) is 0 Å². The molecule has 2 heterocycles. The Morgan fingerprint density at radius 2 is 1.82 bits per heavy atom. The van der Waals surface area contributed by atoms with E-state index in [9.17, 15) is 9.59 Å². The maximum atomic E-state index is 13.4. The predicted octanol–water partition coefficient (Wildman–Crippen LogP) is 6.20. The minimum atomic E-state index is -0.156. The summed E-state index contributed by atoms with van der Waals surface area (Å²) in [6.07, 6.45) is 1.67. The van der Waals surface area contributed by atoms with Crippen molar-refractivity contribution in [2.45, 2.75) is 11.7 Å². The number of anilines is 1. The summed E-state index contributed by atoms with van der Waals surface area (Å²) in [5.74, 6) is -0.0214. The SMILES string of the molecule is C=CCn1c(SCC(=O)Nc2cccc3ccccc23)nc2scc(-c3ccccc3)c2c1=O. The van der Waals surface area contributed by atoms with Crippen molar-refractivity contribution in [1.29, 1.82) is 0 Å². The van der Waals surface area contributed by atoms with Crippen LogP contribution in [0.1, 0.15) is 0 Å². The van der Waals surface area contributed by atoms with Gasteiger partial charge in [-0.2, -0.15) is 0 Å². The van der Waals surface area contributed by atoms with Gasteiger partial charge in [0, 0.05) is 28.6 Å². The molecule has 0 aliphatic carbocycles. The lowest BCUT2D eigenvalue weighted by atomic mass is 10.1. The van der Waals surface area contributed by atoms with Crippen molar-refractivity contribution < 1.29 is 4.79 Å². The molecule has 0 aliphatic heterocycles. The number of carbonyl (C=O) groups is 1. The molecule has 0 saturated heterocycles. The van der Waals surface area contributed by atoms with Crippen molar-refractivity contribution >= 4 is 55.7 Å². The standard InChI is InChI=1S/C27H21N3O2S2/c1-2-15-30-26(32)24-21(19-9-4-3-5-10-19)16-33-25(24)29-27(30)34-17-23(31)28-22-14-8-12-18-11-6-7-13-20(18)22/h2-14,16H,1,15,17H2,(H,28,31). The molecule has 0 atom stereocenters. The van der Waals surface area contributed by atoms with E-state index < -0.39 is 0 Å². The highest BCUT2D eigenvalue weighted by Crippen LogP contribution is 2.32. The number of hydrogen-bond acceptors (Lipinski definition) is 5. The van der Waals surface area contributed by atoms with Crippen LogP contribution in [-0.4, -0.2) is 21.2 Å². The van der Waals surface area contributed by atoms with Gasteiger partial charge in [0.1, 0.15) is 4.83 Å². The Morgan fingerprint density at radius 1 is 1.06 bits per heavy atom. The molecule has 0 unspecified atom stereocenters. The van der Waals surface area contributed by atoms with Gasteiger partial charge in [-0.05, 0) is 17.0 Å². The average molecular weight is 484 g/mol. The van der Waals surface area contributed by atoms with Crippen LogP contribution in [0.5, 0.6) is 0 Å². The van der Waals surface area contributed by atoms with Gasteiger partial charge < -0.3 is 5.32 Å². The molecule has 5 nitrogen and oxygen atoms in total. The topological polar surface area (TPSA) is 64.0 Å². The molecule has 5 aromatic rings. The van der Waals surface area contributed by atoms with Gasteiger partial charge in [0.25, 0.3) is 5.56 Å². The molecular formula is C27H21N3O2S2. The zero-order chi connectivity index (χ0) is 23.5. The number of aromatic nitrogens is 2. The number of nitrogens with zero attached hydrogens (tertiary/aromatic N) is 2. The van der Waals surface area contributed by atoms with E-state index in [4.69, 9.17) is 4.98 Å². The molecule has 0 saturated carbocycles. The van der Waals surface area contributed by atoms with Crippen LogP contribution in [-0.2, 0) is 11.3 Å². The minimum Gasteiger partial charge on any atom is -0.325 e. The van der Waals surface area contributed by atoms with Crippen LogP contribution >= 0.6 is 23.1 Å². The van der Waals surface area contributed by atoms with E-state index in [-0.39, 0.29) is 17.2 Å². The van der Waals surface area contributed by atoms with E-state index in [1.807, 2.05) is 78.2 Å². The Balaban J connectivity index is 1.43. The summed E-state index contributed by atoms with van der Waals surface area (Å²) < 4.78 is 1.59. The molecule has 0 aliphatic rings. The smallest absolute Gasteiger partial charge is 0.263 e. The quantitative estimate of drug-likeness (QED) is 0.170. The Morgan fingerprint density at radius 3 is 2.65 bits per heavy atom. The lowest BCUT2D eigenvalue weighted by Gasteiger charge is -2.12. The van der Waals surface area contributed by atoms with Gasteiger partial charge >= 0.3 is 0 Å². The van der Waals surface area contributed by atoms with Gasteiger partial charge in [-0.15, -0.1) is 17.9 Å². The van der Waals surface area contributed by atoms with Crippen LogP contribution in [0.2, 0.25) is 0 Å². The molecule has 7 heteroatoms. The van der Waals surface area contributed by atoms with Gasteiger partial charge in [0.2, 0.25) is 5.91 Å². The number of allylic oxidation sites excluding steroid dienone is 1. The normalized spacial score (nSPS) is 11.1. The van der Waals surface area contributed by atoms with Gasteiger partial charge in [0.15, 0.2) is 5.16 Å². The molecule has 1 N–H and O–H groups in total. The molecule has 3 aromatic carbocycles. The number of amides is 1. The van der Waals surface area contributed by atoms with Crippen LogP contribution in [0.4, 0.5) is 5.69 Å². The van der Waals surface area contributed by atoms with E-state index in [1.54, 1.807) is 10.6 Å². The van der Waals surface area contributed by atoms with Crippen molar-refractivity contribution in [2.24, 2.45) is 0 Å². The van der Waals surface area contributed by atoms with Gasteiger partial charge in [-0.1, -0.05) is 84.6 Å².